The summed E-state index contributed by atoms with van der Waals surface area (Å²) in [5.74, 6) is 0. The van der Waals surface area contributed by atoms with Crippen molar-refractivity contribution in [3.05, 3.63) is 12.8 Å². The summed E-state index contributed by atoms with van der Waals surface area (Å²) in [6, 6.07) is 0. The smallest absolute Gasteiger partial charge is 0.0873 e. The van der Waals surface area contributed by atoms with Gasteiger partial charge in [-0.3, -0.25) is 0 Å². The lowest BCUT2D eigenvalue weighted by Crippen LogP contribution is -1.88. The predicted octanol–water partition coefficient (Wildman–Crippen LogP) is 4.04. The Hall–Kier alpha value is -0.500. The number of unbranched alkanes of at least 4 members (excludes halogenated alkanes) is 9. The molecule has 96 valence electrons. The largest absolute Gasteiger partial charge is 0.502 e. The average molecular weight is 228 g/mol. The Labute approximate surface area is 101 Å². The van der Waals surface area contributed by atoms with E-state index in [0.29, 0.717) is 6.61 Å². The summed E-state index contributed by atoms with van der Waals surface area (Å²) in [6.07, 6.45) is 14.1. The normalized spacial score (nSPS) is 10.3. The third-order valence-electron chi connectivity index (χ3n) is 2.79. The Balaban J connectivity index is 2.85. The molecule has 0 fully saturated rings. The zero-order valence-electron chi connectivity index (χ0n) is 10.6. The van der Waals surface area contributed by atoms with Gasteiger partial charge in [-0.25, -0.2) is 0 Å². The summed E-state index contributed by atoms with van der Waals surface area (Å²) in [7, 11) is 0. The van der Waals surface area contributed by atoms with Crippen molar-refractivity contribution >= 4 is 0 Å². The van der Waals surface area contributed by atoms with Gasteiger partial charge in [0, 0.05) is 6.61 Å². The van der Waals surface area contributed by atoms with Crippen molar-refractivity contribution in [3.8, 4) is 0 Å². The second-order valence-electron chi connectivity index (χ2n) is 4.30. The van der Waals surface area contributed by atoms with Crippen LogP contribution in [-0.4, -0.2) is 18.3 Å². The van der Waals surface area contributed by atoms with Crippen molar-refractivity contribution in [2.75, 3.05) is 13.2 Å². The molecule has 0 saturated carbocycles. The maximum atomic E-state index is 8.61. The Kier molecular flexibility index (Phi) is 14.0. The lowest BCUT2D eigenvalue weighted by Gasteiger charge is -2.02. The zero-order valence-corrected chi connectivity index (χ0v) is 10.6. The van der Waals surface area contributed by atoms with E-state index in [2.05, 4.69) is 6.58 Å². The van der Waals surface area contributed by atoms with Crippen LogP contribution in [0.2, 0.25) is 0 Å². The highest BCUT2D eigenvalue weighted by Crippen LogP contribution is 2.10. The second kappa shape index (κ2) is 14.5. The maximum absolute atomic E-state index is 8.61. The van der Waals surface area contributed by atoms with E-state index in [4.69, 9.17) is 9.84 Å². The summed E-state index contributed by atoms with van der Waals surface area (Å²) in [5.41, 5.74) is 0. The van der Waals surface area contributed by atoms with Crippen LogP contribution in [0, 0.1) is 0 Å². The summed E-state index contributed by atoms with van der Waals surface area (Å²) < 4.78 is 5.06. The minimum absolute atomic E-state index is 0.354. The van der Waals surface area contributed by atoms with Crippen LogP contribution in [0.4, 0.5) is 0 Å². The molecule has 1 N–H and O–H groups in total. The first-order chi connectivity index (χ1) is 7.91. The molecule has 16 heavy (non-hydrogen) atoms. The SMILES string of the molecule is C=COCCCCCCCCCCCCO. The molecule has 0 heterocycles. The fourth-order valence-corrected chi connectivity index (χ4v) is 1.79. The third kappa shape index (κ3) is 13.5. The topological polar surface area (TPSA) is 29.5 Å². The Morgan fingerprint density at radius 1 is 0.750 bits per heavy atom. The standard InChI is InChI=1S/C14H28O2/c1-2-16-14-12-10-8-6-4-3-5-7-9-11-13-15/h2,15H,1,3-14H2. The van der Waals surface area contributed by atoms with Crippen LogP contribution in [0.5, 0.6) is 0 Å². The molecule has 0 rings (SSSR count). The summed E-state index contributed by atoms with van der Waals surface area (Å²) in [6.45, 7) is 4.69. The highest BCUT2D eigenvalue weighted by atomic mass is 16.5. The number of aliphatic hydroxyl groups is 1. The fraction of sp³-hybridized carbons (Fsp3) is 0.857. The van der Waals surface area contributed by atoms with Gasteiger partial charge in [0.15, 0.2) is 0 Å². The molecule has 2 nitrogen and oxygen atoms in total. The van der Waals surface area contributed by atoms with Gasteiger partial charge in [-0.05, 0) is 12.8 Å². The van der Waals surface area contributed by atoms with Crippen molar-refractivity contribution in [2.24, 2.45) is 0 Å². The monoisotopic (exact) mass is 228 g/mol. The molecule has 0 aliphatic carbocycles. The third-order valence-corrected chi connectivity index (χ3v) is 2.79. The zero-order chi connectivity index (χ0) is 11.9. The van der Waals surface area contributed by atoms with Gasteiger partial charge in [-0.1, -0.05) is 57.9 Å². The van der Waals surface area contributed by atoms with E-state index in [1.54, 1.807) is 0 Å². The van der Waals surface area contributed by atoms with Gasteiger partial charge in [-0.15, -0.1) is 0 Å². The van der Waals surface area contributed by atoms with Crippen LogP contribution >= 0.6 is 0 Å². The second-order valence-corrected chi connectivity index (χ2v) is 4.30. The summed E-state index contributed by atoms with van der Waals surface area (Å²) in [4.78, 5) is 0. The van der Waals surface area contributed by atoms with Gasteiger partial charge in [0.05, 0.1) is 12.9 Å². The van der Waals surface area contributed by atoms with E-state index in [0.717, 1.165) is 19.4 Å². The molecule has 0 aliphatic rings. The summed E-state index contributed by atoms with van der Waals surface area (Å²) >= 11 is 0. The number of hydrogen-bond donors (Lipinski definition) is 1. The van der Waals surface area contributed by atoms with Gasteiger partial charge in [0.25, 0.3) is 0 Å². The van der Waals surface area contributed by atoms with Gasteiger partial charge in [0.1, 0.15) is 0 Å². The van der Waals surface area contributed by atoms with Gasteiger partial charge >= 0.3 is 0 Å². The number of hydrogen-bond acceptors (Lipinski definition) is 2. The van der Waals surface area contributed by atoms with Gasteiger partial charge in [-0.2, -0.15) is 0 Å². The van der Waals surface area contributed by atoms with Crippen molar-refractivity contribution in [1.29, 1.82) is 0 Å². The molecule has 0 spiro atoms. The van der Waals surface area contributed by atoms with Crippen molar-refractivity contribution in [2.45, 2.75) is 64.2 Å². The van der Waals surface area contributed by atoms with Crippen LogP contribution in [0.15, 0.2) is 12.8 Å². The molecule has 0 aromatic heterocycles. The molecule has 0 aliphatic heterocycles. The van der Waals surface area contributed by atoms with E-state index >= 15 is 0 Å². The lowest BCUT2D eigenvalue weighted by atomic mass is 10.1. The Bertz CT molecular complexity index is 135. The molecule has 0 amide bonds. The van der Waals surface area contributed by atoms with Crippen LogP contribution in [0.1, 0.15) is 64.2 Å². The predicted molar refractivity (Wildman–Crippen MR) is 69.4 cm³/mol. The highest BCUT2D eigenvalue weighted by Gasteiger charge is 1.92. The van der Waals surface area contributed by atoms with Gasteiger partial charge in [0.2, 0.25) is 0 Å². The van der Waals surface area contributed by atoms with E-state index in [1.165, 1.54) is 57.6 Å². The van der Waals surface area contributed by atoms with E-state index in [-0.39, 0.29) is 0 Å². The molecule has 0 aromatic carbocycles. The van der Waals surface area contributed by atoms with Crippen molar-refractivity contribution < 1.29 is 9.84 Å². The minimum Gasteiger partial charge on any atom is -0.502 e. The van der Waals surface area contributed by atoms with Crippen LogP contribution < -0.4 is 0 Å². The first-order valence-electron chi connectivity index (χ1n) is 6.75. The molecular weight excluding hydrogens is 200 g/mol. The quantitative estimate of drug-likeness (QED) is 0.381. The molecule has 0 unspecified atom stereocenters. The number of rotatable bonds is 13. The Morgan fingerprint density at radius 2 is 1.19 bits per heavy atom. The number of ether oxygens (including phenoxy) is 1. The maximum Gasteiger partial charge on any atom is 0.0873 e. The first-order valence-corrected chi connectivity index (χ1v) is 6.75. The first kappa shape index (κ1) is 15.5. The van der Waals surface area contributed by atoms with E-state index in [1.807, 2.05) is 0 Å². The van der Waals surface area contributed by atoms with Gasteiger partial charge < -0.3 is 9.84 Å². The van der Waals surface area contributed by atoms with E-state index in [9.17, 15) is 0 Å². The van der Waals surface area contributed by atoms with E-state index < -0.39 is 0 Å². The van der Waals surface area contributed by atoms with Crippen molar-refractivity contribution in [3.63, 3.8) is 0 Å². The molecular formula is C14H28O2. The Morgan fingerprint density at radius 3 is 1.62 bits per heavy atom. The summed E-state index contributed by atoms with van der Waals surface area (Å²) in [5, 5.41) is 8.61. The molecule has 2 heteroatoms. The van der Waals surface area contributed by atoms with Crippen molar-refractivity contribution in [1.82, 2.24) is 0 Å². The van der Waals surface area contributed by atoms with Crippen LogP contribution in [0.3, 0.4) is 0 Å². The fourth-order valence-electron chi connectivity index (χ4n) is 1.79. The lowest BCUT2D eigenvalue weighted by molar-refractivity contribution is 0.241. The molecule has 0 bridgehead atoms. The van der Waals surface area contributed by atoms with Crippen LogP contribution in [-0.2, 0) is 4.74 Å². The molecule has 0 radical (unpaired) electrons. The van der Waals surface area contributed by atoms with Crippen LogP contribution in [0.25, 0.3) is 0 Å². The minimum atomic E-state index is 0.354. The molecule has 0 aromatic rings. The molecule has 0 saturated heterocycles. The number of aliphatic hydroxyl groups excluding tert-OH is 1. The average Bonchev–Trinajstić information content (AvgIpc) is 2.31. The molecule has 0 atom stereocenters. The highest BCUT2D eigenvalue weighted by molar-refractivity contribution is 4.50.